The molecule has 1 aromatic heterocycles. The molecule has 2 amide bonds. The van der Waals surface area contributed by atoms with Gasteiger partial charge in [0.1, 0.15) is 5.82 Å². The Kier molecular flexibility index (Phi) is 7.05. The lowest BCUT2D eigenvalue weighted by molar-refractivity contribution is -0.118. The summed E-state index contributed by atoms with van der Waals surface area (Å²) < 4.78 is 25.2. The largest absolute Gasteiger partial charge is 0.465 e. The third-order valence-electron chi connectivity index (χ3n) is 7.06. The summed E-state index contributed by atoms with van der Waals surface area (Å²) >= 11 is 6.54. The summed E-state index contributed by atoms with van der Waals surface area (Å²) in [6.45, 7) is 0.530. The number of nitrogens with zero attached hydrogens (tertiary/aromatic N) is 6. The van der Waals surface area contributed by atoms with Crippen molar-refractivity contribution in [1.82, 2.24) is 14.9 Å². The second-order valence-corrected chi connectivity index (χ2v) is 11.9. The van der Waals surface area contributed by atoms with Crippen LogP contribution in [0.4, 0.5) is 16.3 Å². The van der Waals surface area contributed by atoms with Crippen LogP contribution in [0.3, 0.4) is 0 Å². The van der Waals surface area contributed by atoms with Crippen molar-refractivity contribution in [2.75, 3.05) is 35.7 Å². The molecule has 0 aliphatic carbocycles. The van der Waals surface area contributed by atoms with E-state index in [-0.39, 0.29) is 56.5 Å². The zero-order valence-electron chi connectivity index (χ0n) is 21.0. The number of rotatable bonds is 4. The van der Waals surface area contributed by atoms with Gasteiger partial charge in [0.05, 0.1) is 41.5 Å². The van der Waals surface area contributed by atoms with Gasteiger partial charge in [-0.3, -0.25) is 4.79 Å². The van der Waals surface area contributed by atoms with Gasteiger partial charge in [-0.15, -0.1) is 0 Å². The van der Waals surface area contributed by atoms with E-state index in [0.29, 0.717) is 33.2 Å². The van der Waals surface area contributed by atoms with Crippen LogP contribution >= 0.6 is 11.6 Å². The van der Waals surface area contributed by atoms with E-state index >= 15 is 0 Å². The maximum atomic E-state index is 13.5. The summed E-state index contributed by atoms with van der Waals surface area (Å²) in [4.78, 5) is 38.6. The summed E-state index contributed by atoms with van der Waals surface area (Å²) in [5.41, 5.74) is 1.62. The van der Waals surface area contributed by atoms with Crippen molar-refractivity contribution in [3.05, 3.63) is 52.7 Å². The number of carbonyl (C=O) groups excluding carboxylic acids is 1. The lowest BCUT2D eigenvalue weighted by Gasteiger charge is -2.40. The lowest BCUT2D eigenvalue weighted by atomic mass is 10.1. The molecule has 0 bridgehead atoms. The highest BCUT2D eigenvalue weighted by atomic mass is 35.5. The Morgan fingerprint density at radius 1 is 1.18 bits per heavy atom. The topological polar surface area (TPSA) is 148 Å². The highest BCUT2D eigenvalue weighted by molar-refractivity contribution is 7.90. The second-order valence-electron chi connectivity index (χ2n) is 9.56. The standard InChI is InChI=1S/C26H25ClN6O5S/c1-39(37,38)25-29-20-15-33(21-7-3-5-16-4-2-6-19(27)23(16)21)22(34)9-8-18(20)24(30-25)31-12-13-32(26(35)36)17(14-31)10-11-28/h2-7,17H,8-10,12-15H2,1H3,(H,35,36)/t17-/m0/s1. The van der Waals surface area contributed by atoms with Gasteiger partial charge in [-0.05, 0) is 23.9 Å². The smallest absolute Gasteiger partial charge is 0.407 e. The van der Waals surface area contributed by atoms with Crippen LogP contribution in [0.15, 0.2) is 41.6 Å². The molecule has 1 atom stereocenters. The first-order chi connectivity index (χ1) is 18.6. The van der Waals surface area contributed by atoms with Crippen molar-refractivity contribution >= 4 is 55.7 Å². The average molecular weight is 569 g/mol. The van der Waals surface area contributed by atoms with E-state index in [9.17, 15) is 28.4 Å². The van der Waals surface area contributed by atoms with Gasteiger partial charge in [0, 0.05) is 43.3 Å². The summed E-state index contributed by atoms with van der Waals surface area (Å²) in [7, 11) is -3.82. The third kappa shape index (κ3) is 5.07. The molecule has 202 valence electrons. The van der Waals surface area contributed by atoms with Crippen molar-refractivity contribution < 1.29 is 23.1 Å². The molecule has 3 heterocycles. The van der Waals surface area contributed by atoms with E-state index in [1.807, 2.05) is 30.3 Å². The molecular weight excluding hydrogens is 544 g/mol. The predicted molar refractivity (Wildman–Crippen MR) is 145 cm³/mol. The average Bonchev–Trinajstić information content (AvgIpc) is 3.06. The molecule has 39 heavy (non-hydrogen) atoms. The first-order valence-electron chi connectivity index (χ1n) is 12.3. The minimum atomic E-state index is -3.82. The van der Waals surface area contributed by atoms with Crippen LogP contribution in [0.25, 0.3) is 10.8 Å². The summed E-state index contributed by atoms with van der Waals surface area (Å²) in [6.07, 6.45) is 0.263. The Morgan fingerprint density at radius 2 is 1.92 bits per heavy atom. The molecule has 13 heteroatoms. The molecule has 0 radical (unpaired) electrons. The Labute approximate surface area is 230 Å². The Balaban J connectivity index is 1.62. The van der Waals surface area contributed by atoms with Gasteiger partial charge in [-0.1, -0.05) is 35.9 Å². The van der Waals surface area contributed by atoms with E-state index in [1.54, 1.807) is 21.9 Å². The highest BCUT2D eigenvalue weighted by Gasteiger charge is 2.35. The summed E-state index contributed by atoms with van der Waals surface area (Å²) in [6, 6.07) is 12.4. The van der Waals surface area contributed by atoms with Crippen LogP contribution in [-0.2, 0) is 27.6 Å². The quantitative estimate of drug-likeness (QED) is 0.468. The van der Waals surface area contributed by atoms with Crippen molar-refractivity contribution in [3.63, 3.8) is 0 Å². The number of nitriles is 1. The number of amides is 2. The van der Waals surface area contributed by atoms with Gasteiger partial charge in [0.15, 0.2) is 0 Å². The van der Waals surface area contributed by atoms with Crippen LogP contribution in [-0.4, -0.2) is 72.3 Å². The van der Waals surface area contributed by atoms with Gasteiger partial charge in [0.2, 0.25) is 20.9 Å². The normalized spacial score (nSPS) is 18.0. The van der Waals surface area contributed by atoms with Gasteiger partial charge >= 0.3 is 6.09 Å². The zero-order valence-corrected chi connectivity index (χ0v) is 22.6. The Hall–Kier alpha value is -3.95. The molecule has 1 N–H and O–H groups in total. The van der Waals surface area contributed by atoms with Gasteiger partial charge < -0.3 is 19.8 Å². The monoisotopic (exact) mass is 568 g/mol. The van der Waals surface area contributed by atoms with Crippen molar-refractivity contribution in [3.8, 4) is 6.07 Å². The fraction of sp³-hybridized carbons (Fsp3) is 0.346. The number of hydrogen-bond acceptors (Lipinski definition) is 8. The fourth-order valence-corrected chi connectivity index (χ4v) is 6.02. The number of hydrogen-bond donors (Lipinski definition) is 1. The Morgan fingerprint density at radius 3 is 2.62 bits per heavy atom. The number of carboxylic acid groups (broad SMARTS) is 1. The van der Waals surface area contributed by atoms with E-state index in [2.05, 4.69) is 9.97 Å². The number of piperazine rings is 1. The number of sulfone groups is 1. The number of halogens is 1. The predicted octanol–water partition coefficient (Wildman–Crippen LogP) is 3.25. The molecule has 5 rings (SSSR count). The number of anilines is 2. The van der Waals surface area contributed by atoms with E-state index in [0.717, 1.165) is 11.6 Å². The minimum absolute atomic E-state index is 0.00720. The third-order valence-corrected chi connectivity index (χ3v) is 8.22. The molecule has 2 aliphatic rings. The van der Waals surface area contributed by atoms with Crippen LogP contribution in [0, 0.1) is 11.3 Å². The molecule has 11 nitrogen and oxygen atoms in total. The second kappa shape index (κ2) is 10.3. The summed E-state index contributed by atoms with van der Waals surface area (Å²) in [5, 5.41) is 20.5. The SMILES string of the molecule is CS(=O)(=O)c1nc2c(c(N3CCN(C(=O)O)[C@@H](CC#N)C3)n1)CCC(=O)N(c1cccc3cccc(Cl)c13)C2. The number of aromatic nitrogens is 2. The van der Waals surface area contributed by atoms with Crippen molar-refractivity contribution in [2.45, 2.75) is 37.0 Å². The van der Waals surface area contributed by atoms with Crippen molar-refractivity contribution in [2.24, 2.45) is 0 Å². The van der Waals surface area contributed by atoms with Crippen molar-refractivity contribution in [1.29, 1.82) is 5.26 Å². The first kappa shape index (κ1) is 26.6. The van der Waals surface area contributed by atoms with Crippen LogP contribution in [0.2, 0.25) is 5.02 Å². The molecule has 1 fully saturated rings. The van der Waals surface area contributed by atoms with E-state index < -0.39 is 22.0 Å². The first-order valence-corrected chi connectivity index (χ1v) is 14.5. The van der Waals surface area contributed by atoms with Gasteiger partial charge in [0.25, 0.3) is 0 Å². The van der Waals surface area contributed by atoms with Crippen LogP contribution < -0.4 is 9.80 Å². The molecule has 2 aliphatic heterocycles. The molecule has 2 aromatic carbocycles. The molecule has 1 saturated heterocycles. The maximum Gasteiger partial charge on any atom is 0.407 e. The molecule has 0 spiro atoms. The van der Waals surface area contributed by atoms with Gasteiger partial charge in [-0.25, -0.2) is 23.2 Å². The zero-order chi connectivity index (χ0) is 27.9. The highest BCUT2D eigenvalue weighted by Crippen LogP contribution is 2.37. The fourth-order valence-electron chi connectivity index (χ4n) is 5.21. The van der Waals surface area contributed by atoms with Crippen LogP contribution in [0.1, 0.15) is 24.1 Å². The number of benzene rings is 2. The lowest BCUT2D eigenvalue weighted by Crippen LogP contribution is -2.55. The van der Waals surface area contributed by atoms with Gasteiger partial charge in [-0.2, -0.15) is 5.26 Å². The van der Waals surface area contributed by atoms with Crippen LogP contribution in [0.5, 0.6) is 0 Å². The molecule has 3 aromatic rings. The summed E-state index contributed by atoms with van der Waals surface area (Å²) in [5.74, 6) is 0.171. The number of carbonyl (C=O) groups is 2. The van der Waals surface area contributed by atoms with E-state index in [4.69, 9.17) is 11.6 Å². The van der Waals surface area contributed by atoms with E-state index in [1.165, 1.54) is 4.90 Å². The molecule has 0 unspecified atom stereocenters. The molecule has 0 saturated carbocycles. The number of fused-ring (bicyclic) bond motifs is 2. The minimum Gasteiger partial charge on any atom is -0.465 e. The maximum absolute atomic E-state index is 13.5. The molecular formula is C26H25ClN6O5S. The Bertz CT molecular complexity index is 1630.